The molecule has 0 radical (unpaired) electrons. The Kier molecular flexibility index (Phi) is 4.50. The Hall–Kier alpha value is -2.89. The Morgan fingerprint density at radius 2 is 1.86 bits per heavy atom. The molecule has 1 heterocycles. The van der Waals surface area contributed by atoms with E-state index in [-0.39, 0.29) is 5.69 Å². The molecule has 1 aromatic heterocycles. The van der Waals surface area contributed by atoms with Gasteiger partial charge in [0.15, 0.2) is 11.5 Å². The topological polar surface area (TPSA) is 74.5 Å². The van der Waals surface area contributed by atoms with Crippen LogP contribution in [0, 0.1) is 10.1 Å². The van der Waals surface area contributed by atoms with Crippen LogP contribution in [0.4, 0.5) is 5.69 Å². The number of nitro groups is 1. The molecular weight excluding hydrogens is 272 g/mol. The Morgan fingerprint density at radius 1 is 1.14 bits per heavy atom. The van der Waals surface area contributed by atoms with Crippen molar-refractivity contribution in [3.63, 3.8) is 0 Å². The van der Waals surface area contributed by atoms with Gasteiger partial charge in [-0.15, -0.1) is 0 Å². The average Bonchev–Trinajstić information content (AvgIpc) is 2.52. The Labute approximate surface area is 121 Å². The fourth-order valence-electron chi connectivity index (χ4n) is 1.83. The first-order valence-corrected chi connectivity index (χ1v) is 6.15. The van der Waals surface area contributed by atoms with E-state index in [0.29, 0.717) is 22.8 Å². The summed E-state index contributed by atoms with van der Waals surface area (Å²) in [6, 6.07) is 8.36. The van der Waals surface area contributed by atoms with Crippen molar-refractivity contribution in [2.45, 2.75) is 0 Å². The van der Waals surface area contributed by atoms with E-state index in [2.05, 4.69) is 4.98 Å². The predicted molar refractivity (Wildman–Crippen MR) is 79.4 cm³/mol. The maximum absolute atomic E-state index is 11.2. The summed E-state index contributed by atoms with van der Waals surface area (Å²) in [5, 5.41) is 11.2. The number of nitro benzene ring substituents is 1. The lowest BCUT2D eigenvalue weighted by Gasteiger charge is -2.08. The number of benzene rings is 1. The van der Waals surface area contributed by atoms with Crippen LogP contribution in [-0.4, -0.2) is 24.1 Å². The van der Waals surface area contributed by atoms with Crippen LogP contribution in [0.15, 0.2) is 36.5 Å². The van der Waals surface area contributed by atoms with Gasteiger partial charge in [0.1, 0.15) is 0 Å². The molecule has 0 aliphatic heterocycles. The lowest BCUT2D eigenvalue weighted by atomic mass is 10.1. The molecule has 0 N–H and O–H groups in total. The predicted octanol–water partition coefficient (Wildman–Crippen LogP) is 3.18. The zero-order valence-electron chi connectivity index (χ0n) is 11.6. The van der Waals surface area contributed by atoms with Gasteiger partial charge in [-0.3, -0.25) is 15.1 Å². The third kappa shape index (κ3) is 3.36. The van der Waals surface area contributed by atoms with E-state index in [9.17, 15) is 10.1 Å². The standard InChI is InChI=1S/C15H14N2O4/c1-20-14-9-11(6-7-12-5-3-4-8-16-12)13(17(18)19)10-15(14)21-2/h3-10H,1-2H3/b7-6-. The first-order chi connectivity index (χ1) is 10.2. The molecule has 0 aliphatic carbocycles. The van der Waals surface area contributed by atoms with E-state index in [4.69, 9.17) is 9.47 Å². The van der Waals surface area contributed by atoms with Crippen LogP contribution in [0.5, 0.6) is 11.5 Å². The lowest BCUT2D eigenvalue weighted by molar-refractivity contribution is -0.385. The molecule has 6 nitrogen and oxygen atoms in total. The lowest BCUT2D eigenvalue weighted by Crippen LogP contribution is -1.96. The average molecular weight is 286 g/mol. The summed E-state index contributed by atoms with van der Waals surface area (Å²) in [7, 11) is 2.92. The summed E-state index contributed by atoms with van der Waals surface area (Å²) in [5.41, 5.74) is 1.07. The summed E-state index contributed by atoms with van der Waals surface area (Å²) in [6.07, 6.45) is 4.99. The van der Waals surface area contributed by atoms with Gasteiger partial charge >= 0.3 is 0 Å². The second kappa shape index (κ2) is 6.51. The molecule has 0 saturated carbocycles. The van der Waals surface area contributed by atoms with E-state index < -0.39 is 4.92 Å². The van der Waals surface area contributed by atoms with Gasteiger partial charge in [0.25, 0.3) is 5.69 Å². The van der Waals surface area contributed by atoms with Gasteiger partial charge in [-0.2, -0.15) is 0 Å². The normalized spacial score (nSPS) is 10.6. The van der Waals surface area contributed by atoms with Crippen molar-refractivity contribution in [3.05, 3.63) is 57.9 Å². The maximum Gasteiger partial charge on any atom is 0.280 e. The van der Waals surface area contributed by atoms with Crippen LogP contribution in [0.3, 0.4) is 0 Å². The number of ether oxygens (including phenoxy) is 2. The van der Waals surface area contributed by atoms with Crippen LogP contribution in [0.2, 0.25) is 0 Å². The van der Waals surface area contributed by atoms with Gasteiger partial charge in [0.2, 0.25) is 0 Å². The Morgan fingerprint density at radius 3 is 2.43 bits per heavy atom. The summed E-state index contributed by atoms with van der Waals surface area (Å²) >= 11 is 0. The van der Waals surface area contributed by atoms with Crippen LogP contribution in [0.25, 0.3) is 12.2 Å². The summed E-state index contributed by atoms with van der Waals surface area (Å²) in [5.74, 6) is 0.753. The molecule has 6 heteroatoms. The molecule has 0 saturated heterocycles. The quantitative estimate of drug-likeness (QED) is 0.623. The molecule has 0 aliphatic rings. The monoisotopic (exact) mass is 286 g/mol. The summed E-state index contributed by atoms with van der Waals surface area (Å²) in [4.78, 5) is 14.8. The minimum Gasteiger partial charge on any atom is -0.493 e. The Balaban J connectivity index is 2.46. The molecule has 2 aromatic rings. The van der Waals surface area contributed by atoms with Gasteiger partial charge in [-0.25, -0.2) is 0 Å². The van der Waals surface area contributed by atoms with Crippen molar-refractivity contribution in [2.24, 2.45) is 0 Å². The molecule has 1 aromatic carbocycles. The van der Waals surface area contributed by atoms with Crippen molar-refractivity contribution in [1.29, 1.82) is 0 Å². The van der Waals surface area contributed by atoms with Gasteiger partial charge in [-0.05, 0) is 30.4 Å². The highest BCUT2D eigenvalue weighted by Gasteiger charge is 2.17. The van der Waals surface area contributed by atoms with E-state index in [1.54, 1.807) is 30.5 Å². The Bertz CT molecular complexity index is 669. The zero-order chi connectivity index (χ0) is 15.2. The smallest absolute Gasteiger partial charge is 0.280 e. The SMILES string of the molecule is COc1cc(/C=C\c2ccccn2)c([N+](=O)[O-])cc1OC. The molecule has 0 spiro atoms. The van der Waals surface area contributed by atoms with E-state index in [1.807, 2.05) is 12.1 Å². The van der Waals surface area contributed by atoms with Gasteiger partial charge in [0, 0.05) is 6.20 Å². The molecule has 21 heavy (non-hydrogen) atoms. The van der Waals surface area contributed by atoms with Crippen molar-refractivity contribution in [3.8, 4) is 11.5 Å². The minimum absolute atomic E-state index is 0.0557. The van der Waals surface area contributed by atoms with Crippen LogP contribution in [-0.2, 0) is 0 Å². The molecule has 0 bridgehead atoms. The number of nitrogens with zero attached hydrogens (tertiary/aromatic N) is 2. The van der Waals surface area contributed by atoms with Gasteiger partial charge < -0.3 is 9.47 Å². The van der Waals surface area contributed by atoms with Crippen LogP contribution >= 0.6 is 0 Å². The van der Waals surface area contributed by atoms with E-state index in [1.165, 1.54) is 20.3 Å². The number of aromatic nitrogens is 1. The van der Waals surface area contributed by atoms with Crippen molar-refractivity contribution < 1.29 is 14.4 Å². The summed E-state index contributed by atoms with van der Waals surface area (Å²) < 4.78 is 10.2. The van der Waals surface area contributed by atoms with Crippen LogP contribution < -0.4 is 9.47 Å². The number of methoxy groups -OCH3 is 2. The molecule has 0 atom stereocenters. The highest BCUT2D eigenvalue weighted by Crippen LogP contribution is 2.35. The summed E-state index contributed by atoms with van der Waals surface area (Å²) in [6.45, 7) is 0. The van der Waals surface area contributed by atoms with Crippen molar-refractivity contribution in [1.82, 2.24) is 4.98 Å². The maximum atomic E-state index is 11.2. The minimum atomic E-state index is -0.458. The third-order valence-corrected chi connectivity index (χ3v) is 2.85. The molecule has 0 amide bonds. The van der Waals surface area contributed by atoms with Crippen molar-refractivity contribution in [2.75, 3.05) is 14.2 Å². The largest absolute Gasteiger partial charge is 0.493 e. The molecule has 108 valence electrons. The number of pyridine rings is 1. The fourth-order valence-corrected chi connectivity index (χ4v) is 1.83. The molecule has 2 rings (SSSR count). The first-order valence-electron chi connectivity index (χ1n) is 6.15. The van der Waals surface area contributed by atoms with Crippen molar-refractivity contribution >= 4 is 17.8 Å². The zero-order valence-corrected chi connectivity index (χ0v) is 11.6. The van der Waals surface area contributed by atoms with Gasteiger partial charge in [-0.1, -0.05) is 6.07 Å². The van der Waals surface area contributed by atoms with E-state index >= 15 is 0 Å². The highest BCUT2D eigenvalue weighted by atomic mass is 16.6. The second-order valence-electron chi connectivity index (χ2n) is 4.11. The number of hydrogen-bond acceptors (Lipinski definition) is 5. The second-order valence-corrected chi connectivity index (χ2v) is 4.11. The third-order valence-electron chi connectivity index (χ3n) is 2.85. The molecule has 0 unspecified atom stereocenters. The number of rotatable bonds is 5. The first kappa shape index (κ1) is 14.5. The highest BCUT2D eigenvalue weighted by molar-refractivity contribution is 5.75. The van der Waals surface area contributed by atoms with Crippen LogP contribution in [0.1, 0.15) is 11.3 Å². The molecule has 0 fully saturated rings. The van der Waals surface area contributed by atoms with Gasteiger partial charge in [0.05, 0.1) is 36.5 Å². The molecular formula is C15H14N2O4. The number of hydrogen-bond donors (Lipinski definition) is 0. The fraction of sp³-hybridized carbons (Fsp3) is 0.133. The van der Waals surface area contributed by atoms with E-state index in [0.717, 1.165) is 0 Å².